The molecule has 0 bridgehead atoms. The van der Waals surface area contributed by atoms with Crippen LogP contribution >= 0.6 is 22.9 Å². The second kappa shape index (κ2) is 6.12. The van der Waals surface area contributed by atoms with Crippen LogP contribution in [0.25, 0.3) is 0 Å². The maximum Gasteiger partial charge on any atom is 0.311 e. The van der Waals surface area contributed by atoms with E-state index in [-0.39, 0.29) is 8.55 Å². The van der Waals surface area contributed by atoms with Gasteiger partial charge in [-0.1, -0.05) is 11.6 Å². The third-order valence-electron chi connectivity index (χ3n) is 1.96. The summed E-state index contributed by atoms with van der Waals surface area (Å²) in [4.78, 5) is 10.7. The van der Waals surface area contributed by atoms with Gasteiger partial charge >= 0.3 is 5.97 Å². The zero-order chi connectivity index (χ0) is 14.7. The van der Waals surface area contributed by atoms with E-state index in [9.17, 15) is 22.0 Å². The molecule has 1 N–H and O–H groups in total. The minimum absolute atomic E-state index is 0.175. The van der Waals surface area contributed by atoms with Gasteiger partial charge in [-0.15, -0.1) is 11.3 Å². The summed E-state index contributed by atoms with van der Waals surface area (Å²) < 4.78 is 55.7. The van der Waals surface area contributed by atoms with Crippen LogP contribution in [0.15, 0.2) is 16.3 Å². The molecule has 0 atom stereocenters. The highest BCUT2D eigenvalue weighted by Crippen LogP contribution is 2.26. The number of carbonyl (C=O) groups is 1. The van der Waals surface area contributed by atoms with Crippen LogP contribution in [0.1, 0.15) is 6.42 Å². The Hall–Kier alpha value is -0.770. The first kappa shape index (κ1) is 16.3. The second-order valence-corrected chi connectivity index (χ2v) is 7.20. The molecule has 1 rings (SSSR count). The first-order valence-corrected chi connectivity index (χ1v) is 7.54. The molecule has 1 aromatic rings. The molecule has 0 amide bonds. The lowest BCUT2D eigenvalue weighted by atomic mass is 10.2. The summed E-state index contributed by atoms with van der Waals surface area (Å²) in [5.74, 6) is -4.65. The molecule has 0 aromatic carbocycles. The predicted molar refractivity (Wildman–Crippen MR) is 66.1 cm³/mol. The average Bonchev–Trinajstić information content (AvgIpc) is 2.74. The van der Waals surface area contributed by atoms with Crippen molar-refractivity contribution in [2.24, 2.45) is 0 Å². The third-order valence-corrected chi connectivity index (χ3v) is 5.09. The summed E-state index contributed by atoms with van der Waals surface area (Å²) in [6, 6.07) is 2.54. The molecule has 1 aromatic heterocycles. The number of sulfonamides is 1. The van der Waals surface area contributed by atoms with E-state index in [1.54, 1.807) is 4.72 Å². The van der Waals surface area contributed by atoms with E-state index in [0.29, 0.717) is 0 Å². The molecule has 0 unspecified atom stereocenters. The van der Waals surface area contributed by atoms with Crippen LogP contribution in [0.3, 0.4) is 0 Å². The number of nitrogens with one attached hydrogen (secondary N) is 1. The number of ether oxygens (including phenoxy) is 1. The van der Waals surface area contributed by atoms with Crippen molar-refractivity contribution in [2.45, 2.75) is 16.6 Å². The summed E-state index contributed by atoms with van der Waals surface area (Å²) in [5.41, 5.74) is 0. The maximum absolute atomic E-state index is 13.3. The quantitative estimate of drug-likeness (QED) is 0.807. The number of rotatable bonds is 6. The van der Waals surface area contributed by atoms with E-state index < -0.39 is 34.9 Å². The zero-order valence-corrected chi connectivity index (χ0v) is 12.0. The third kappa shape index (κ3) is 5.01. The standard InChI is InChI=1S/C9H10ClF2NO4S2/c1-17-7(14)4-9(11,12)5-13-19(15,16)8-3-2-6(10)18-8/h2-3,13H,4-5H2,1H3. The van der Waals surface area contributed by atoms with Crippen LogP contribution in [0.5, 0.6) is 0 Å². The molecular weight excluding hydrogens is 324 g/mol. The van der Waals surface area contributed by atoms with Crippen molar-refractivity contribution in [2.75, 3.05) is 13.7 Å². The number of hydrogen-bond acceptors (Lipinski definition) is 5. The summed E-state index contributed by atoms with van der Waals surface area (Å²) in [7, 11) is -3.09. The van der Waals surface area contributed by atoms with Crippen LogP contribution in [0.2, 0.25) is 4.34 Å². The van der Waals surface area contributed by atoms with Crippen LogP contribution < -0.4 is 4.72 Å². The molecular formula is C9H10ClF2NO4S2. The second-order valence-electron chi connectivity index (χ2n) is 3.49. The molecule has 0 radical (unpaired) electrons. The van der Waals surface area contributed by atoms with E-state index >= 15 is 0 Å². The van der Waals surface area contributed by atoms with Crippen LogP contribution in [0.4, 0.5) is 8.78 Å². The average molecular weight is 334 g/mol. The first-order valence-electron chi connectivity index (χ1n) is 4.86. The van der Waals surface area contributed by atoms with E-state index in [0.717, 1.165) is 18.4 Å². The van der Waals surface area contributed by atoms with Crippen LogP contribution in [-0.2, 0) is 19.6 Å². The lowest BCUT2D eigenvalue weighted by molar-refractivity contribution is -0.148. The van der Waals surface area contributed by atoms with Gasteiger partial charge in [-0.05, 0) is 12.1 Å². The lowest BCUT2D eigenvalue weighted by Crippen LogP contribution is -2.38. The Morgan fingerprint density at radius 3 is 2.63 bits per heavy atom. The fourth-order valence-electron chi connectivity index (χ4n) is 1.06. The van der Waals surface area contributed by atoms with E-state index in [1.807, 2.05) is 0 Å². The largest absolute Gasteiger partial charge is 0.469 e. The number of methoxy groups -OCH3 is 1. The van der Waals surface area contributed by atoms with Crippen LogP contribution in [-0.4, -0.2) is 34.0 Å². The summed E-state index contributed by atoms with van der Waals surface area (Å²) in [6.45, 7) is -1.19. The molecule has 0 aliphatic rings. The van der Waals surface area contributed by atoms with Gasteiger partial charge in [-0.2, -0.15) is 0 Å². The summed E-state index contributed by atoms with van der Waals surface area (Å²) in [6.07, 6.45) is -1.20. The molecule has 0 spiro atoms. The zero-order valence-electron chi connectivity index (χ0n) is 9.65. The number of halogens is 3. The predicted octanol–water partition coefficient (Wildman–Crippen LogP) is 1.88. The summed E-state index contributed by atoms with van der Waals surface area (Å²) in [5, 5.41) is 0. The van der Waals surface area contributed by atoms with Crippen molar-refractivity contribution in [3.63, 3.8) is 0 Å². The topological polar surface area (TPSA) is 72.5 Å². The molecule has 19 heavy (non-hydrogen) atoms. The van der Waals surface area contributed by atoms with E-state index in [1.165, 1.54) is 12.1 Å². The summed E-state index contributed by atoms with van der Waals surface area (Å²) >= 11 is 6.30. The van der Waals surface area contributed by atoms with Gasteiger partial charge in [-0.3, -0.25) is 4.79 Å². The van der Waals surface area contributed by atoms with E-state index in [2.05, 4.69) is 4.74 Å². The highest BCUT2D eigenvalue weighted by molar-refractivity contribution is 7.91. The number of thiophene rings is 1. The highest BCUT2D eigenvalue weighted by atomic mass is 35.5. The Morgan fingerprint density at radius 2 is 2.16 bits per heavy atom. The minimum Gasteiger partial charge on any atom is -0.469 e. The maximum atomic E-state index is 13.3. The van der Waals surface area contributed by atoms with Crippen molar-refractivity contribution in [1.29, 1.82) is 0 Å². The van der Waals surface area contributed by atoms with Gasteiger partial charge in [0.25, 0.3) is 5.92 Å². The number of esters is 1. The highest BCUT2D eigenvalue weighted by Gasteiger charge is 2.34. The Bertz CT molecular complexity index is 558. The lowest BCUT2D eigenvalue weighted by Gasteiger charge is -2.15. The Balaban J connectivity index is 2.68. The Labute approximate surface area is 117 Å². The van der Waals surface area contributed by atoms with Gasteiger partial charge in [0.1, 0.15) is 10.6 Å². The van der Waals surface area contributed by atoms with Crippen molar-refractivity contribution in [1.82, 2.24) is 4.72 Å². The minimum atomic E-state index is -4.06. The first-order chi connectivity index (χ1) is 8.66. The van der Waals surface area contributed by atoms with Crippen molar-refractivity contribution < 1.29 is 26.7 Å². The van der Waals surface area contributed by atoms with Gasteiger partial charge in [0.05, 0.1) is 18.0 Å². The SMILES string of the molecule is COC(=O)CC(F)(F)CNS(=O)(=O)c1ccc(Cl)s1. The molecule has 108 valence electrons. The fraction of sp³-hybridized carbons (Fsp3) is 0.444. The molecule has 5 nitrogen and oxygen atoms in total. The molecule has 0 aliphatic heterocycles. The van der Waals surface area contributed by atoms with Gasteiger partial charge in [-0.25, -0.2) is 21.9 Å². The number of carbonyl (C=O) groups excluding carboxylic acids is 1. The number of hydrogen-bond donors (Lipinski definition) is 1. The fourth-order valence-corrected chi connectivity index (χ4v) is 3.65. The van der Waals surface area contributed by atoms with Gasteiger partial charge < -0.3 is 4.74 Å². The molecule has 0 fully saturated rings. The molecule has 0 saturated heterocycles. The Kier molecular flexibility index (Phi) is 5.25. The normalized spacial score (nSPS) is 12.4. The van der Waals surface area contributed by atoms with Crippen molar-refractivity contribution >= 4 is 38.9 Å². The smallest absolute Gasteiger partial charge is 0.311 e. The molecule has 0 saturated carbocycles. The van der Waals surface area contributed by atoms with Crippen molar-refractivity contribution in [3.05, 3.63) is 16.5 Å². The monoisotopic (exact) mass is 333 g/mol. The van der Waals surface area contributed by atoms with E-state index in [4.69, 9.17) is 11.6 Å². The molecule has 0 aliphatic carbocycles. The van der Waals surface area contributed by atoms with Gasteiger partial charge in [0.15, 0.2) is 0 Å². The molecule has 1 heterocycles. The molecule has 10 heteroatoms. The van der Waals surface area contributed by atoms with Gasteiger partial charge in [0, 0.05) is 0 Å². The van der Waals surface area contributed by atoms with Crippen molar-refractivity contribution in [3.8, 4) is 0 Å². The van der Waals surface area contributed by atoms with Crippen LogP contribution in [0, 0.1) is 0 Å². The Morgan fingerprint density at radius 1 is 1.53 bits per heavy atom. The number of alkyl halides is 2. The van der Waals surface area contributed by atoms with Gasteiger partial charge in [0.2, 0.25) is 10.0 Å².